The third-order valence-corrected chi connectivity index (χ3v) is 4.89. The predicted octanol–water partition coefficient (Wildman–Crippen LogP) is 2.99. The summed E-state index contributed by atoms with van der Waals surface area (Å²) in [6.07, 6.45) is 3.17. The average molecular weight is 303 g/mol. The van der Waals surface area contributed by atoms with E-state index in [2.05, 4.69) is 46.4 Å². The molecule has 21 heavy (non-hydrogen) atoms. The van der Waals surface area contributed by atoms with Gasteiger partial charge >= 0.3 is 0 Å². The van der Waals surface area contributed by atoms with Crippen LogP contribution in [0, 0.1) is 5.92 Å². The lowest BCUT2D eigenvalue weighted by molar-refractivity contribution is 0.0685. The van der Waals surface area contributed by atoms with E-state index in [4.69, 9.17) is 4.74 Å². The van der Waals surface area contributed by atoms with Crippen LogP contribution >= 0.6 is 11.3 Å². The van der Waals surface area contributed by atoms with E-state index in [0.717, 1.165) is 49.2 Å². The molecule has 0 unspecified atom stereocenters. The number of nitrogens with zero attached hydrogens (tertiary/aromatic N) is 3. The van der Waals surface area contributed by atoms with Crippen molar-refractivity contribution in [3.8, 4) is 0 Å². The topological polar surface area (TPSA) is 38.2 Å². The van der Waals surface area contributed by atoms with Crippen LogP contribution in [0.15, 0.2) is 30.3 Å². The van der Waals surface area contributed by atoms with Crippen LogP contribution in [-0.4, -0.2) is 37.0 Å². The summed E-state index contributed by atoms with van der Waals surface area (Å²) >= 11 is 1.70. The van der Waals surface area contributed by atoms with Crippen molar-refractivity contribution in [2.45, 2.75) is 19.3 Å². The zero-order chi connectivity index (χ0) is 14.5. The van der Waals surface area contributed by atoms with Gasteiger partial charge in [0, 0.05) is 33.2 Å². The summed E-state index contributed by atoms with van der Waals surface area (Å²) in [5.41, 5.74) is 1.28. The molecule has 0 aliphatic carbocycles. The molecule has 0 bridgehead atoms. The Bertz CT molecular complexity index is 552. The molecular weight excluding hydrogens is 282 g/mol. The highest BCUT2D eigenvalue weighted by molar-refractivity contribution is 7.15. The third-order valence-electron chi connectivity index (χ3n) is 3.85. The van der Waals surface area contributed by atoms with Gasteiger partial charge in [-0.15, -0.1) is 10.2 Å². The molecule has 0 radical (unpaired) electrons. The molecule has 5 heteroatoms. The van der Waals surface area contributed by atoms with Gasteiger partial charge in [0.05, 0.1) is 0 Å². The standard InChI is InChI=1S/C16H21N3OS/c1-19(12-14-7-9-20-10-8-14)16-18-17-15(21-16)11-13-5-3-2-4-6-13/h2-6,14H,7-12H2,1H3. The van der Waals surface area contributed by atoms with Gasteiger partial charge in [0.1, 0.15) is 5.01 Å². The van der Waals surface area contributed by atoms with Gasteiger partial charge in [-0.2, -0.15) is 0 Å². The molecule has 1 saturated heterocycles. The maximum atomic E-state index is 5.41. The summed E-state index contributed by atoms with van der Waals surface area (Å²) in [7, 11) is 2.11. The van der Waals surface area contributed by atoms with E-state index in [1.807, 2.05) is 6.07 Å². The number of ether oxygens (including phenoxy) is 1. The van der Waals surface area contributed by atoms with Crippen LogP contribution in [0.3, 0.4) is 0 Å². The van der Waals surface area contributed by atoms with Crippen molar-refractivity contribution in [3.05, 3.63) is 40.9 Å². The lowest BCUT2D eigenvalue weighted by atomic mass is 10.0. The first-order valence-corrected chi connectivity index (χ1v) is 8.28. The van der Waals surface area contributed by atoms with E-state index < -0.39 is 0 Å². The van der Waals surface area contributed by atoms with Crippen molar-refractivity contribution in [1.82, 2.24) is 10.2 Å². The number of benzene rings is 1. The second kappa shape index (κ2) is 7.00. The fourth-order valence-electron chi connectivity index (χ4n) is 2.64. The van der Waals surface area contributed by atoms with Crippen LogP contribution in [0.2, 0.25) is 0 Å². The van der Waals surface area contributed by atoms with E-state index in [1.165, 1.54) is 5.56 Å². The predicted molar refractivity (Wildman–Crippen MR) is 86.0 cm³/mol. The molecule has 112 valence electrons. The summed E-state index contributed by atoms with van der Waals surface area (Å²) in [6.45, 7) is 2.84. The smallest absolute Gasteiger partial charge is 0.208 e. The average Bonchev–Trinajstić information content (AvgIpc) is 2.98. The Labute approximate surface area is 129 Å². The Balaban J connectivity index is 1.58. The first-order chi connectivity index (χ1) is 10.3. The van der Waals surface area contributed by atoms with Crippen molar-refractivity contribution < 1.29 is 4.74 Å². The molecule has 3 rings (SSSR count). The van der Waals surface area contributed by atoms with Gasteiger partial charge in [-0.05, 0) is 24.3 Å². The minimum atomic E-state index is 0.713. The second-order valence-electron chi connectivity index (χ2n) is 5.58. The van der Waals surface area contributed by atoms with Crippen LogP contribution in [-0.2, 0) is 11.2 Å². The number of hydrogen-bond donors (Lipinski definition) is 0. The van der Waals surface area contributed by atoms with E-state index in [9.17, 15) is 0 Å². The normalized spacial score (nSPS) is 16.0. The minimum Gasteiger partial charge on any atom is -0.381 e. The lowest BCUT2D eigenvalue weighted by Crippen LogP contribution is -2.29. The highest BCUT2D eigenvalue weighted by Gasteiger charge is 2.18. The van der Waals surface area contributed by atoms with Gasteiger partial charge in [0.15, 0.2) is 0 Å². The molecule has 0 saturated carbocycles. The van der Waals surface area contributed by atoms with E-state index in [0.29, 0.717) is 5.92 Å². The first kappa shape index (κ1) is 14.5. The Morgan fingerprint density at radius 2 is 1.95 bits per heavy atom. The quantitative estimate of drug-likeness (QED) is 0.851. The fraction of sp³-hybridized carbons (Fsp3) is 0.500. The third kappa shape index (κ3) is 4.02. The van der Waals surface area contributed by atoms with Crippen LogP contribution in [0.4, 0.5) is 5.13 Å². The monoisotopic (exact) mass is 303 g/mol. The molecule has 0 N–H and O–H groups in total. The van der Waals surface area contributed by atoms with E-state index >= 15 is 0 Å². The molecule has 0 atom stereocenters. The van der Waals surface area contributed by atoms with Crippen molar-refractivity contribution in [1.29, 1.82) is 0 Å². The summed E-state index contributed by atoms with van der Waals surface area (Å²) in [5, 5.41) is 10.8. The lowest BCUT2D eigenvalue weighted by Gasteiger charge is -2.26. The molecule has 1 aromatic heterocycles. The Morgan fingerprint density at radius 3 is 2.71 bits per heavy atom. The number of anilines is 1. The Hall–Kier alpha value is -1.46. The molecule has 0 spiro atoms. The molecule has 1 aromatic carbocycles. The zero-order valence-corrected chi connectivity index (χ0v) is 13.2. The SMILES string of the molecule is CN(CC1CCOCC1)c1nnc(Cc2ccccc2)s1. The summed E-state index contributed by atoms with van der Waals surface area (Å²) < 4.78 is 5.41. The van der Waals surface area contributed by atoms with Crippen LogP contribution in [0.5, 0.6) is 0 Å². The largest absolute Gasteiger partial charge is 0.381 e. The molecule has 4 nitrogen and oxygen atoms in total. The maximum absolute atomic E-state index is 5.41. The highest BCUT2D eigenvalue weighted by Crippen LogP contribution is 2.24. The Kier molecular flexibility index (Phi) is 4.83. The molecule has 2 heterocycles. The van der Waals surface area contributed by atoms with Crippen LogP contribution < -0.4 is 4.90 Å². The van der Waals surface area contributed by atoms with Gasteiger partial charge in [0.25, 0.3) is 0 Å². The highest BCUT2D eigenvalue weighted by atomic mass is 32.1. The van der Waals surface area contributed by atoms with Crippen molar-refractivity contribution in [2.24, 2.45) is 5.92 Å². The van der Waals surface area contributed by atoms with Gasteiger partial charge in [0.2, 0.25) is 5.13 Å². The van der Waals surface area contributed by atoms with Crippen molar-refractivity contribution in [2.75, 3.05) is 31.7 Å². The number of rotatable bonds is 5. The molecule has 1 fully saturated rings. The number of aromatic nitrogens is 2. The van der Waals surface area contributed by atoms with Crippen LogP contribution in [0.1, 0.15) is 23.4 Å². The molecular formula is C16H21N3OS. The molecule has 2 aromatic rings. The van der Waals surface area contributed by atoms with E-state index in [-0.39, 0.29) is 0 Å². The maximum Gasteiger partial charge on any atom is 0.208 e. The van der Waals surface area contributed by atoms with E-state index in [1.54, 1.807) is 11.3 Å². The van der Waals surface area contributed by atoms with Gasteiger partial charge in [-0.3, -0.25) is 0 Å². The molecule has 1 aliphatic rings. The van der Waals surface area contributed by atoms with Gasteiger partial charge in [-0.1, -0.05) is 41.7 Å². The van der Waals surface area contributed by atoms with Gasteiger partial charge in [-0.25, -0.2) is 0 Å². The Morgan fingerprint density at radius 1 is 1.19 bits per heavy atom. The number of hydrogen-bond acceptors (Lipinski definition) is 5. The molecule has 1 aliphatic heterocycles. The van der Waals surface area contributed by atoms with Crippen LogP contribution in [0.25, 0.3) is 0 Å². The summed E-state index contributed by atoms with van der Waals surface area (Å²) in [4.78, 5) is 2.24. The minimum absolute atomic E-state index is 0.713. The summed E-state index contributed by atoms with van der Waals surface area (Å²) in [5.74, 6) is 0.713. The van der Waals surface area contributed by atoms with Crippen molar-refractivity contribution in [3.63, 3.8) is 0 Å². The van der Waals surface area contributed by atoms with Gasteiger partial charge < -0.3 is 9.64 Å². The van der Waals surface area contributed by atoms with Crippen molar-refractivity contribution >= 4 is 16.5 Å². The first-order valence-electron chi connectivity index (χ1n) is 7.46. The fourth-order valence-corrected chi connectivity index (χ4v) is 3.48. The zero-order valence-electron chi connectivity index (χ0n) is 12.4. The second-order valence-corrected chi connectivity index (χ2v) is 6.62. The molecule has 0 amide bonds. The summed E-state index contributed by atoms with van der Waals surface area (Å²) in [6, 6.07) is 10.4.